The monoisotopic (exact) mass is 338 g/mol. The molecule has 0 saturated carbocycles. The third kappa shape index (κ3) is 8.97. The number of carbonyl (C=O) groups excluding carboxylic acids is 1. The van der Waals surface area contributed by atoms with Gasteiger partial charge in [0.05, 0.1) is 0 Å². The highest BCUT2D eigenvalue weighted by Gasteiger charge is 2.14. The predicted octanol–water partition coefficient (Wildman–Crippen LogP) is 3.72. The first kappa shape index (κ1) is 20.0. The van der Waals surface area contributed by atoms with Crippen molar-refractivity contribution in [3.8, 4) is 0 Å². The molecule has 1 saturated heterocycles. The second-order valence-corrected chi connectivity index (χ2v) is 6.38. The van der Waals surface area contributed by atoms with Gasteiger partial charge in [-0.3, -0.25) is 4.79 Å². The number of nitrogens with one attached hydrogen (secondary N) is 2. The van der Waals surface area contributed by atoms with E-state index in [1.54, 1.807) is 0 Å². The van der Waals surface area contributed by atoms with Crippen LogP contribution in [0.3, 0.4) is 0 Å². The number of hydrogen-bond donors (Lipinski definition) is 2. The van der Waals surface area contributed by atoms with E-state index in [1.165, 1.54) is 31.2 Å². The first-order valence-corrected chi connectivity index (χ1v) is 8.86. The summed E-state index contributed by atoms with van der Waals surface area (Å²) >= 11 is 0. The van der Waals surface area contributed by atoms with E-state index in [9.17, 15) is 4.79 Å². The first-order valence-electron chi connectivity index (χ1n) is 8.86. The molecular formula is C19H31ClN2O. The fourth-order valence-electron chi connectivity index (χ4n) is 3.10. The Morgan fingerprint density at radius 3 is 2.57 bits per heavy atom. The van der Waals surface area contributed by atoms with Gasteiger partial charge in [-0.2, -0.15) is 0 Å². The van der Waals surface area contributed by atoms with Crippen molar-refractivity contribution in [1.29, 1.82) is 0 Å². The van der Waals surface area contributed by atoms with Gasteiger partial charge in [-0.05, 0) is 63.1 Å². The Kier molecular flexibility index (Phi) is 10.8. The zero-order chi connectivity index (χ0) is 15.5. The van der Waals surface area contributed by atoms with Gasteiger partial charge in [0.15, 0.2) is 0 Å². The number of carbonyl (C=O) groups is 1. The Labute approximate surface area is 147 Å². The van der Waals surface area contributed by atoms with Crippen LogP contribution in [0.2, 0.25) is 0 Å². The lowest BCUT2D eigenvalue weighted by molar-refractivity contribution is -0.121. The van der Waals surface area contributed by atoms with Crippen LogP contribution in [0.1, 0.15) is 50.5 Å². The Morgan fingerprint density at radius 1 is 1.09 bits per heavy atom. The van der Waals surface area contributed by atoms with E-state index in [1.807, 2.05) is 0 Å². The average molecular weight is 339 g/mol. The number of aryl methyl sites for hydroxylation is 1. The Hall–Kier alpha value is -1.06. The van der Waals surface area contributed by atoms with Gasteiger partial charge < -0.3 is 10.6 Å². The molecule has 0 atom stereocenters. The molecular weight excluding hydrogens is 308 g/mol. The van der Waals surface area contributed by atoms with Crippen molar-refractivity contribution in [3.05, 3.63) is 35.9 Å². The van der Waals surface area contributed by atoms with E-state index in [4.69, 9.17) is 0 Å². The van der Waals surface area contributed by atoms with Crippen LogP contribution >= 0.6 is 12.4 Å². The standard InChI is InChI=1S/C19H30N2O.ClH/c22-19(11-10-18-12-15-20-16-13-18)21-14-6-2-5-9-17-7-3-1-4-8-17;/h1,3-4,7-8,18,20H,2,5-6,9-16H2,(H,21,22);1H. The lowest BCUT2D eigenvalue weighted by Gasteiger charge is -2.22. The minimum Gasteiger partial charge on any atom is -0.356 e. The number of benzene rings is 1. The molecule has 1 heterocycles. The average Bonchev–Trinajstić information content (AvgIpc) is 2.58. The number of halogens is 1. The fraction of sp³-hybridized carbons (Fsp3) is 0.632. The molecule has 3 nitrogen and oxygen atoms in total. The van der Waals surface area contributed by atoms with Crippen molar-refractivity contribution >= 4 is 18.3 Å². The summed E-state index contributed by atoms with van der Waals surface area (Å²) in [5.74, 6) is 0.986. The number of piperidine rings is 1. The summed E-state index contributed by atoms with van der Waals surface area (Å²) in [5.41, 5.74) is 1.41. The zero-order valence-electron chi connectivity index (χ0n) is 14.1. The topological polar surface area (TPSA) is 41.1 Å². The quantitative estimate of drug-likeness (QED) is 0.674. The van der Waals surface area contributed by atoms with Crippen LogP contribution in [0.5, 0.6) is 0 Å². The molecule has 130 valence electrons. The highest BCUT2D eigenvalue weighted by Crippen LogP contribution is 2.17. The molecule has 0 aromatic heterocycles. The van der Waals surface area contributed by atoms with Gasteiger partial charge in [-0.1, -0.05) is 36.8 Å². The molecule has 2 rings (SSSR count). The summed E-state index contributed by atoms with van der Waals surface area (Å²) in [6.07, 6.45) is 8.84. The minimum absolute atomic E-state index is 0. The predicted molar refractivity (Wildman–Crippen MR) is 99.1 cm³/mol. The van der Waals surface area contributed by atoms with Crippen LogP contribution in [0.25, 0.3) is 0 Å². The van der Waals surface area contributed by atoms with Crippen LogP contribution in [0, 0.1) is 5.92 Å². The van der Waals surface area contributed by atoms with Gasteiger partial charge in [-0.25, -0.2) is 0 Å². The minimum atomic E-state index is 0. The second-order valence-electron chi connectivity index (χ2n) is 6.38. The second kappa shape index (κ2) is 12.4. The molecule has 0 radical (unpaired) electrons. The van der Waals surface area contributed by atoms with Crippen molar-refractivity contribution in [3.63, 3.8) is 0 Å². The van der Waals surface area contributed by atoms with Gasteiger partial charge in [-0.15, -0.1) is 12.4 Å². The summed E-state index contributed by atoms with van der Waals surface area (Å²) in [4.78, 5) is 11.8. The Balaban J connectivity index is 0.00000264. The molecule has 1 aromatic carbocycles. The Bertz CT molecular complexity index is 419. The molecule has 1 amide bonds. The molecule has 4 heteroatoms. The van der Waals surface area contributed by atoms with E-state index in [2.05, 4.69) is 41.0 Å². The van der Waals surface area contributed by atoms with Crippen molar-refractivity contribution in [1.82, 2.24) is 10.6 Å². The Morgan fingerprint density at radius 2 is 1.83 bits per heavy atom. The molecule has 23 heavy (non-hydrogen) atoms. The summed E-state index contributed by atoms with van der Waals surface area (Å²) in [5, 5.41) is 6.43. The smallest absolute Gasteiger partial charge is 0.220 e. The maximum Gasteiger partial charge on any atom is 0.220 e. The van der Waals surface area contributed by atoms with Crippen molar-refractivity contribution in [2.24, 2.45) is 5.92 Å². The van der Waals surface area contributed by atoms with Crippen LogP contribution in [-0.4, -0.2) is 25.5 Å². The van der Waals surface area contributed by atoms with E-state index < -0.39 is 0 Å². The van der Waals surface area contributed by atoms with Crippen molar-refractivity contribution in [2.75, 3.05) is 19.6 Å². The van der Waals surface area contributed by atoms with E-state index >= 15 is 0 Å². The molecule has 0 unspecified atom stereocenters. The van der Waals surface area contributed by atoms with Gasteiger partial charge >= 0.3 is 0 Å². The summed E-state index contributed by atoms with van der Waals surface area (Å²) < 4.78 is 0. The number of hydrogen-bond acceptors (Lipinski definition) is 2. The van der Waals surface area contributed by atoms with Gasteiger partial charge in [0.1, 0.15) is 0 Å². The molecule has 0 bridgehead atoms. The molecule has 1 aliphatic rings. The highest BCUT2D eigenvalue weighted by atomic mass is 35.5. The molecule has 0 spiro atoms. The molecule has 2 N–H and O–H groups in total. The SMILES string of the molecule is Cl.O=C(CCC1CCNCC1)NCCCCCc1ccccc1. The van der Waals surface area contributed by atoms with E-state index in [0.29, 0.717) is 6.42 Å². The summed E-state index contributed by atoms with van der Waals surface area (Å²) in [6.45, 7) is 3.07. The van der Waals surface area contributed by atoms with E-state index in [-0.39, 0.29) is 18.3 Å². The maximum atomic E-state index is 11.8. The largest absolute Gasteiger partial charge is 0.356 e. The van der Waals surface area contributed by atoms with Gasteiger partial charge in [0.2, 0.25) is 5.91 Å². The van der Waals surface area contributed by atoms with Crippen molar-refractivity contribution < 1.29 is 4.79 Å². The van der Waals surface area contributed by atoms with Crippen LogP contribution in [0.15, 0.2) is 30.3 Å². The van der Waals surface area contributed by atoms with Crippen LogP contribution in [0.4, 0.5) is 0 Å². The lowest BCUT2D eigenvalue weighted by atomic mass is 9.93. The van der Waals surface area contributed by atoms with Gasteiger partial charge in [0.25, 0.3) is 0 Å². The normalized spacial score (nSPS) is 15.0. The maximum absolute atomic E-state index is 11.8. The highest BCUT2D eigenvalue weighted by molar-refractivity contribution is 5.85. The first-order chi connectivity index (χ1) is 10.8. The molecule has 1 aromatic rings. The lowest BCUT2D eigenvalue weighted by Crippen LogP contribution is -2.29. The summed E-state index contributed by atoms with van der Waals surface area (Å²) in [6, 6.07) is 10.6. The zero-order valence-corrected chi connectivity index (χ0v) is 14.9. The molecule has 0 aliphatic carbocycles. The number of rotatable bonds is 9. The fourth-order valence-corrected chi connectivity index (χ4v) is 3.10. The van der Waals surface area contributed by atoms with Gasteiger partial charge in [0, 0.05) is 13.0 Å². The van der Waals surface area contributed by atoms with Crippen LogP contribution < -0.4 is 10.6 Å². The van der Waals surface area contributed by atoms with Crippen LogP contribution in [-0.2, 0) is 11.2 Å². The van der Waals surface area contributed by atoms with E-state index in [0.717, 1.165) is 44.8 Å². The molecule has 1 aliphatic heterocycles. The molecule has 1 fully saturated rings. The number of unbranched alkanes of at least 4 members (excludes halogenated alkanes) is 2. The number of amides is 1. The third-order valence-corrected chi connectivity index (χ3v) is 4.55. The summed E-state index contributed by atoms with van der Waals surface area (Å²) in [7, 11) is 0. The third-order valence-electron chi connectivity index (χ3n) is 4.55. The van der Waals surface area contributed by atoms with Crippen molar-refractivity contribution in [2.45, 2.75) is 51.4 Å².